The Morgan fingerprint density at radius 1 is 1.09 bits per heavy atom. The standard InChI is InChI=1S/C22H20N8O2/c1-12(26-19-14(11-23)18(24)28-22(25)29-19)20-27-15-9-6-10-16(32-2)17(15)21(31)30(20)13-7-4-3-5-8-13/h3-10,12H,1-2H3,(H5,24,25,26,28,29). The fourth-order valence-electron chi connectivity index (χ4n) is 3.48. The van der Waals surface area contributed by atoms with E-state index in [1.165, 1.54) is 11.7 Å². The second-order valence-corrected chi connectivity index (χ2v) is 6.97. The Morgan fingerprint density at radius 2 is 1.84 bits per heavy atom. The number of ether oxygens (including phenoxy) is 1. The van der Waals surface area contributed by atoms with E-state index < -0.39 is 6.04 Å². The lowest BCUT2D eigenvalue weighted by Gasteiger charge is -2.21. The lowest BCUT2D eigenvalue weighted by molar-refractivity contribution is 0.419. The number of anilines is 3. The summed E-state index contributed by atoms with van der Waals surface area (Å²) < 4.78 is 6.90. The van der Waals surface area contributed by atoms with Crippen molar-refractivity contribution in [3.8, 4) is 17.5 Å². The third-order valence-electron chi connectivity index (χ3n) is 4.93. The van der Waals surface area contributed by atoms with Crippen LogP contribution in [0.15, 0.2) is 53.3 Å². The highest BCUT2D eigenvalue weighted by molar-refractivity contribution is 5.84. The van der Waals surface area contributed by atoms with Crippen molar-refractivity contribution in [2.45, 2.75) is 13.0 Å². The highest BCUT2D eigenvalue weighted by Crippen LogP contribution is 2.27. The first-order chi connectivity index (χ1) is 15.4. The Morgan fingerprint density at radius 3 is 2.53 bits per heavy atom. The third-order valence-corrected chi connectivity index (χ3v) is 4.93. The number of hydrogen-bond acceptors (Lipinski definition) is 9. The highest BCUT2D eigenvalue weighted by atomic mass is 16.5. The van der Waals surface area contributed by atoms with Gasteiger partial charge >= 0.3 is 0 Å². The Balaban J connectivity index is 1.95. The first kappa shape index (κ1) is 20.6. The van der Waals surface area contributed by atoms with Gasteiger partial charge in [0.1, 0.15) is 34.4 Å². The Hall–Kier alpha value is -4.65. The van der Waals surface area contributed by atoms with Crippen LogP contribution in [0.3, 0.4) is 0 Å². The fourth-order valence-corrected chi connectivity index (χ4v) is 3.48. The van der Waals surface area contributed by atoms with E-state index in [0.717, 1.165) is 0 Å². The van der Waals surface area contributed by atoms with Crippen molar-refractivity contribution in [1.29, 1.82) is 5.26 Å². The summed E-state index contributed by atoms with van der Waals surface area (Å²) >= 11 is 0. The van der Waals surface area contributed by atoms with Gasteiger partial charge in [0.2, 0.25) is 5.95 Å². The quantitative estimate of drug-likeness (QED) is 0.434. The molecule has 5 N–H and O–H groups in total. The number of aromatic nitrogens is 4. The summed E-state index contributed by atoms with van der Waals surface area (Å²) in [6, 6.07) is 15.8. The molecule has 2 aromatic heterocycles. The average Bonchev–Trinajstić information content (AvgIpc) is 2.78. The maximum Gasteiger partial charge on any atom is 0.269 e. The van der Waals surface area contributed by atoms with Crippen molar-refractivity contribution < 1.29 is 4.74 Å². The number of para-hydroxylation sites is 1. The van der Waals surface area contributed by atoms with Gasteiger partial charge in [-0.25, -0.2) is 4.98 Å². The first-order valence-corrected chi connectivity index (χ1v) is 9.69. The number of benzene rings is 2. The van der Waals surface area contributed by atoms with Gasteiger partial charge in [-0.05, 0) is 31.2 Å². The van der Waals surface area contributed by atoms with Gasteiger partial charge in [0.05, 0.1) is 24.4 Å². The van der Waals surface area contributed by atoms with Crippen LogP contribution in [0, 0.1) is 11.3 Å². The summed E-state index contributed by atoms with van der Waals surface area (Å²) in [7, 11) is 1.51. The monoisotopic (exact) mass is 428 g/mol. The molecule has 2 heterocycles. The van der Waals surface area contributed by atoms with Gasteiger partial charge in [0.15, 0.2) is 5.82 Å². The molecule has 0 bridgehead atoms. The molecule has 1 unspecified atom stereocenters. The topological polar surface area (TPSA) is 158 Å². The van der Waals surface area contributed by atoms with Crippen molar-refractivity contribution in [2.24, 2.45) is 0 Å². The van der Waals surface area contributed by atoms with Gasteiger partial charge in [-0.15, -0.1) is 0 Å². The molecular formula is C22H20N8O2. The second-order valence-electron chi connectivity index (χ2n) is 6.97. The average molecular weight is 428 g/mol. The van der Waals surface area contributed by atoms with E-state index in [2.05, 4.69) is 15.3 Å². The summed E-state index contributed by atoms with van der Waals surface area (Å²) in [4.78, 5) is 26.3. The molecule has 0 radical (unpaired) electrons. The molecule has 1 atom stereocenters. The summed E-state index contributed by atoms with van der Waals surface area (Å²) in [5, 5.41) is 12.9. The molecule has 0 spiro atoms. The van der Waals surface area contributed by atoms with E-state index in [-0.39, 0.29) is 28.7 Å². The summed E-state index contributed by atoms with van der Waals surface area (Å²) in [5.74, 6) is 0.880. The van der Waals surface area contributed by atoms with Gasteiger partial charge in [-0.2, -0.15) is 15.2 Å². The predicted molar refractivity (Wildman–Crippen MR) is 122 cm³/mol. The third kappa shape index (κ3) is 3.52. The van der Waals surface area contributed by atoms with Gasteiger partial charge in [0.25, 0.3) is 5.56 Å². The number of nitrogen functional groups attached to an aromatic ring is 2. The van der Waals surface area contributed by atoms with Gasteiger partial charge in [-0.1, -0.05) is 24.3 Å². The Labute approximate surface area is 183 Å². The van der Waals surface area contributed by atoms with E-state index in [0.29, 0.717) is 28.2 Å². The molecule has 0 aliphatic heterocycles. The number of nitrogens with zero attached hydrogens (tertiary/aromatic N) is 5. The molecule has 10 nitrogen and oxygen atoms in total. The molecule has 0 amide bonds. The van der Waals surface area contributed by atoms with Crippen LogP contribution in [-0.2, 0) is 0 Å². The van der Waals surface area contributed by atoms with Crippen molar-refractivity contribution >= 4 is 28.5 Å². The molecule has 0 aliphatic carbocycles. The van der Waals surface area contributed by atoms with E-state index >= 15 is 0 Å². The maximum absolute atomic E-state index is 13.6. The Kier molecular flexibility index (Phi) is 5.30. The second kappa shape index (κ2) is 8.23. The van der Waals surface area contributed by atoms with Crippen LogP contribution in [-0.4, -0.2) is 26.6 Å². The molecule has 0 saturated carbocycles. The number of rotatable bonds is 5. The summed E-state index contributed by atoms with van der Waals surface area (Å²) in [6.07, 6.45) is 0. The smallest absolute Gasteiger partial charge is 0.269 e. The molecule has 10 heteroatoms. The number of methoxy groups -OCH3 is 1. The SMILES string of the molecule is COc1cccc2nc(C(C)Nc3nc(N)nc(N)c3C#N)n(-c3ccccc3)c(=O)c12. The number of nitriles is 1. The Bertz CT molecular complexity index is 1410. The van der Waals surface area contributed by atoms with Crippen LogP contribution in [0.5, 0.6) is 5.75 Å². The van der Waals surface area contributed by atoms with E-state index in [9.17, 15) is 10.1 Å². The van der Waals surface area contributed by atoms with Crippen LogP contribution in [0.25, 0.3) is 16.6 Å². The van der Waals surface area contributed by atoms with E-state index in [1.807, 2.05) is 36.4 Å². The largest absolute Gasteiger partial charge is 0.496 e. The van der Waals surface area contributed by atoms with E-state index in [4.69, 9.17) is 21.2 Å². The molecule has 4 aromatic rings. The molecular weight excluding hydrogens is 408 g/mol. The highest BCUT2D eigenvalue weighted by Gasteiger charge is 2.22. The minimum Gasteiger partial charge on any atom is -0.496 e. The number of nitrogens with two attached hydrogens (primary N) is 2. The van der Waals surface area contributed by atoms with Crippen LogP contribution in [0.1, 0.15) is 24.4 Å². The van der Waals surface area contributed by atoms with E-state index in [1.54, 1.807) is 25.1 Å². The van der Waals surface area contributed by atoms with Crippen molar-refractivity contribution in [2.75, 3.05) is 23.9 Å². The first-order valence-electron chi connectivity index (χ1n) is 9.69. The number of nitrogens with one attached hydrogen (secondary N) is 1. The minimum absolute atomic E-state index is 0.0358. The minimum atomic E-state index is -0.556. The lowest BCUT2D eigenvalue weighted by Crippen LogP contribution is -2.28. The van der Waals surface area contributed by atoms with Crippen LogP contribution < -0.4 is 27.1 Å². The van der Waals surface area contributed by atoms with Crippen LogP contribution >= 0.6 is 0 Å². The van der Waals surface area contributed by atoms with Crippen molar-refractivity contribution in [3.63, 3.8) is 0 Å². The lowest BCUT2D eigenvalue weighted by atomic mass is 10.1. The fraction of sp³-hybridized carbons (Fsp3) is 0.136. The normalized spacial score (nSPS) is 11.7. The number of fused-ring (bicyclic) bond motifs is 1. The molecule has 32 heavy (non-hydrogen) atoms. The predicted octanol–water partition coefficient (Wildman–Crippen LogP) is 2.39. The maximum atomic E-state index is 13.6. The molecule has 0 fully saturated rings. The summed E-state index contributed by atoms with van der Waals surface area (Å²) in [6.45, 7) is 1.79. The molecule has 4 rings (SSSR count). The van der Waals surface area contributed by atoms with Crippen LogP contribution in [0.2, 0.25) is 0 Å². The van der Waals surface area contributed by atoms with Crippen molar-refractivity contribution in [3.05, 3.63) is 70.3 Å². The molecule has 0 aliphatic rings. The van der Waals surface area contributed by atoms with Crippen molar-refractivity contribution in [1.82, 2.24) is 19.5 Å². The van der Waals surface area contributed by atoms with Crippen LogP contribution in [0.4, 0.5) is 17.6 Å². The number of hydrogen-bond donors (Lipinski definition) is 3. The molecule has 160 valence electrons. The van der Waals surface area contributed by atoms with Gasteiger partial charge in [-0.3, -0.25) is 9.36 Å². The zero-order valence-electron chi connectivity index (χ0n) is 17.4. The zero-order chi connectivity index (χ0) is 22.8. The van der Waals surface area contributed by atoms with Gasteiger partial charge in [0, 0.05) is 0 Å². The summed E-state index contributed by atoms with van der Waals surface area (Å²) in [5.41, 5.74) is 12.4. The zero-order valence-corrected chi connectivity index (χ0v) is 17.4. The molecule has 0 saturated heterocycles. The van der Waals surface area contributed by atoms with Gasteiger partial charge < -0.3 is 21.5 Å². The molecule has 2 aromatic carbocycles.